The Kier molecular flexibility index (Phi) is 4.45. The first kappa shape index (κ1) is 13.4. The summed E-state index contributed by atoms with van der Waals surface area (Å²) in [6, 6.07) is 3.36. The highest BCUT2D eigenvalue weighted by molar-refractivity contribution is 5.71. The van der Waals surface area contributed by atoms with Crippen LogP contribution in [0.15, 0.2) is 18.2 Å². The summed E-state index contributed by atoms with van der Waals surface area (Å²) in [7, 11) is 0. The molecule has 1 rings (SSSR count). The number of phenols is 1. The van der Waals surface area contributed by atoms with Gasteiger partial charge < -0.3 is 15.3 Å². The van der Waals surface area contributed by atoms with E-state index in [1.165, 1.54) is 6.07 Å². The number of aliphatic hydroxyl groups excluding tert-OH is 1. The number of hydrogen-bond acceptors (Lipinski definition) is 3. The summed E-state index contributed by atoms with van der Waals surface area (Å²) < 4.78 is 13.1. The summed E-state index contributed by atoms with van der Waals surface area (Å²) in [5.74, 6) is -3.48. The lowest BCUT2D eigenvalue weighted by molar-refractivity contribution is -0.146. The van der Waals surface area contributed by atoms with Gasteiger partial charge in [-0.25, -0.2) is 4.39 Å². The van der Waals surface area contributed by atoms with Crippen LogP contribution in [-0.4, -0.2) is 21.3 Å². The van der Waals surface area contributed by atoms with Crippen LogP contribution in [0, 0.1) is 11.7 Å². The number of carboxylic acids is 1. The quantitative estimate of drug-likeness (QED) is 0.738. The second-order valence-electron chi connectivity index (χ2n) is 3.89. The minimum absolute atomic E-state index is 0.154. The molecule has 0 spiro atoms. The van der Waals surface area contributed by atoms with Gasteiger partial charge in [-0.05, 0) is 24.1 Å². The van der Waals surface area contributed by atoms with Gasteiger partial charge in [0.15, 0.2) is 11.6 Å². The molecule has 0 aromatic heterocycles. The summed E-state index contributed by atoms with van der Waals surface area (Å²) in [6.07, 6.45) is -0.365. The summed E-state index contributed by atoms with van der Waals surface area (Å²) in [6.45, 7) is 1.81. The Bertz CT molecular complexity index is 405. The molecule has 2 atom stereocenters. The zero-order valence-corrected chi connectivity index (χ0v) is 9.43. The van der Waals surface area contributed by atoms with Crippen LogP contribution < -0.4 is 0 Å². The number of hydrogen-bond donors (Lipinski definition) is 3. The molecular formula is C12H15FO4. The summed E-state index contributed by atoms with van der Waals surface area (Å²) in [5, 5.41) is 27.8. The molecule has 0 saturated heterocycles. The monoisotopic (exact) mass is 242 g/mol. The first-order valence-corrected chi connectivity index (χ1v) is 5.36. The lowest BCUT2D eigenvalue weighted by Gasteiger charge is -2.19. The first-order valence-electron chi connectivity index (χ1n) is 5.36. The molecule has 0 amide bonds. The molecule has 17 heavy (non-hydrogen) atoms. The average Bonchev–Trinajstić information content (AvgIpc) is 2.28. The van der Waals surface area contributed by atoms with E-state index < -0.39 is 29.6 Å². The molecule has 0 radical (unpaired) electrons. The molecule has 1 aromatic carbocycles. The van der Waals surface area contributed by atoms with Gasteiger partial charge in [0.1, 0.15) is 0 Å². The Hall–Kier alpha value is -1.62. The largest absolute Gasteiger partial charge is 0.505 e. The molecule has 0 aliphatic heterocycles. The predicted molar refractivity (Wildman–Crippen MR) is 59.1 cm³/mol. The average molecular weight is 242 g/mol. The van der Waals surface area contributed by atoms with E-state index in [0.717, 1.165) is 12.1 Å². The molecule has 2 unspecified atom stereocenters. The van der Waals surface area contributed by atoms with Crippen molar-refractivity contribution in [2.24, 2.45) is 5.92 Å². The Morgan fingerprint density at radius 1 is 1.47 bits per heavy atom. The number of carboxylic acid groups (broad SMARTS) is 1. The maximum Gasteiger partial charge on any atom is 0.309 e. The van der Waals surface area contributed by atoms with Gasteiger partial charge in [0.05, 0.1) is 12.0 Å². The van der Waals surface area contributed by atoms with Crippen molar-refractivity contribution in [2.75, 3.05) is 0 Å². The van der Waals surface area contributed by atoms with Gasteiger partial charge in [-0.15, -0.1) is 0 Å². The van der Waals surface area contributed by atoms with Gasteiger partial charge in [-0.2, -0.15) is 0 Å². The van der Waals surface area contributed by atoms with Crippen molar-refractivity contribution in [3.8, 4) is 5.75 Å². The number of benzene rings is 1. The number of aliphatic hydroxyl groups is 1. The summed E-state index contributed by atoms with van der Waals surface area (Å²) >= 11 is 0. The van der Waals surface area contributed by atoms with Crippen molar-refractivity contribution < 1.29 is 24.5 Å². The van der Waals surface area contributed by atoms with Crippen LogP contribution in [0.3, 0.4) is 0 Å². The van der Waals surface area contributed by atoms with E-state index in [0.29, 0.717) is 12.8 Å². The summed E-state index contributed by atoms with van der Waals surface area (Å²) in [4.78, 5) is 11.0. The predicted octanol–water partition coefficient (Wildman–Crippen LogP) is 2.07. The first-order chi connectivity index (χ1) is 7.97. The zero-order valence-electron chi connectivity index (χ0n) is 9.43. The van der Waals surface area contributed by atoms with Crippen molar-refractivity contribution in [1.29, 1.82) is 0 Å². The van der Waals surface area contributed by atoms with Crippen molar-refractivity contribution in [3.05, 3.63) is 29.6 Å². The van der Waals surface area contributed by atoms with Crippen LogP contribution in [0.1, 0.15) is 31.4 Å². The SMILES string of the molecule is CCCC(C(=O)O)C(O)c1ccc(O)c(F)c1. The van der Waals surface area contributed by atoms with E-state index in [1.54, 1.807) is 6.92 Å². The fourth-order valence-electron chi connectivity index (χ4n) is 1.67. The van der Waals surface area contributed by atoms with Gasteiger partial charge in [0.2, 0.25) is 0 Å². The van der Waals surface area contributed by atoms with E-state index in [4.69, 9.17) is 10.2 Å². The number of carbonyl (C=O) groups is 1. The topological polar surface area (TPSA) is 77.8 Å². The number of phenolic OH excluding ortho intramolecular Hbond substituents is 1. The van der Waals surface area contributed by atoms with E-state index in [9.17, 15) is 14.3 Å². The van der Waals surface area contributed by atoms with Crippen LogP contribution in [0.5, 0.6) is 5.75 Å². The minimum Gasteiger partial charge on any atom is -0.505 e. The minimum atomic E-state index is -1.28. The number of rotatable bonds is 5. The molecule has 94 valence electrons. The molecule has 0 bridgehead atoms. The van der Waals surface area contributed by atoms with E-state index in [2.05, 4.69) is 0 Å². The molecule has 3 N–H and O–H groups in total. The molecule has 0 heterocycles. The molecule has 5 heteroatoms. The highest BCUT2D eigenvalue weighted by Crippen LogP contribution is 2.28. The second-order valence-corrected chi connectivity index (χ2v) is 3.89. The van der Waals surface area contributed by atoms with Crippen LogP contribution in [0.4, 0.5) is 4.39 Å². The maximum absolute atomic E-state index is 13.1. The molecular weight excluding hydrogens is 227 g/mol. The van der Waals surface area contributed by atoms with Gasteiger partial charge >= 0.3 is 5.97 Å². The Morgan fingerprint density at radius 3 is 2.59 bits per heavy atom. The normalized spacial score (nSPS) is 14.3. The third-order valence-electron chi connectivity index (χ3n) is 2.61. The Morgan fingerprint density at radius 2 is 2.12 bits per heavy atom. The van der Waals surface area contributed by atoms with Crippen molar-refractivity contribution >= 4 is 5.97 Å². The fraction of sp³-hybridized carbons (Fsp3) is 0.417. The van der Waals surface area contributed by atoms with Crippen LogP contribution >= 0.6 is 0 Å². The van der Waals surface area contributed by atoms with Crippen LogP contribution in [-0.2, 0) is 4.79 Å². The van der Waals surface area contributed by atoms with Gasteiger partial charge in [-0.1, -0.05) is 19.4 Å². The van der Waals surface area contributed by atoms with Crippen molar-refractivity contribution in [1.82, 2.24) is 0 Å². The van der Waals surface area contributed by atoms with Crippen LogP contribution in [0.2, 0.25) is 0 Å². The number of halogens is 1. The third-order valence-corrected chi connectivity index (χ3v) is 2.61. The maximum atomic E-state index is 13.1. The number of aromatic hydroxyl groups is 1. The van der Waals surface area contributed by atoms with Crippen molar-refractivity contribution in [2.45, 2.75) is 25.9 Å². The highest BCUT2D eigenvalue weighted by atomic mass is 19.1. The van der Waals surface area contributed by atoms with E-state index >= 15 is 0 Å². The summed E-state index contributed by atoms with van der Waals surface area (Å²) in [5.41, 5.74) is 0.154. The zero-order chi connectivity index (χ0) is 13.0. The molecule has 0 aliphatic rings. The van der Waals surface area contributed by atoms with Crippen molar-refractivity contribution in [3.63, 3.8) is 0 Å². The van der Waals surface area contributed by atoms with Gasteiger partial charge in [0, 0.05) is 0 Å². The molecule has 0 aliphatic carbocycles. The molecule has 0 fully saturated rings. The molecule has 1 aromatic rings. The Labute approximate surface area is 98.3 Å². The smallest absolute Gasteiger partial charge is 0.309 e. The lowest BCUT2D eigenvalue weighted by atomic mass is 9.92. The molecule has 0 saturated carbocycles. The highest BCUT2D eigenvalue weighted by Gasteiger charge is 2.27. The van der Waals surface area contributed by atoms with Crippen LogP contribution in [0.25, 0.3) is 0 Å². The third kappa shape index (κ3) is 3.17. The number of aliphatic carboxylic acids is 1. The Balaban J connectivity index is 2.96. The second kappa shape index (κ2) is 5.63. The van der Waals surface area contributed by atoms with E-state index in [1.807, 2.05) is 0 Å². The van der Waals surface area contributed by atoms with E-state index in [-0.39, 0.29) is 5.56 Å². The lowest BCUT2D eigenvalue weighted by Crippen LogP contribution is -2.21. The standard InChI is InChI=1S/C12H15FO4/c1-2-3-8(12(16)17)11(15)7-4-5-10(14)9(13)6-7/h4-6,8,11,14-15H,2-3H2,1H3,(H,16,17). The fourth-order valence-corrected chi connectivity index (χ4v) is 1.67. The van der Waals surface area contributed by atoms with Gasteiger partial charge in [-0.3, -0.25) is 4.79 Å². The molecule has 4 nitrogen and oxygen atoms in total. The van der Waals surface area contributed by atoms with Gasteiger partial charge in [0.25, 0.3) is 0 Å².